The number of aromatic nitrogens is 2. The molecule has 0 unspecified atom stereocenters. The van der Waals surface area contributed by atoms with E-state index >= 15 is 0 Å². The number of nitrogens with zero attached hydrogens (tertiary/aromatic N) is 3. The Bertz CT molecular complexity index is 1010. The van der Waals surface area contributed by atoms with Crippen LogP contribution in [-0.4, -0.2) is 22.6 Å². The summed E-state index contributed by atoms with van der Waals surface area (Å²) in [4.78, 5) is 8.44. The second kappa shape index (κ2) is 11.4. The number of halogens is 4. The predicted molar refractivity (Wildman–Crippen MR) is 129 cm³/mol. The van der Waals surface area contributed by atoms with E-state index in [2.05, 4.69) is 20.6 Å². The van der Waals surface area contributed by atoms with Gasteiger partial charge in [0.25, 0.3) is 0 Å². The number of ether oxygens (including phenoxy) is 1. The molecule has 2 heterocycles. The molecule has 0 bridgehead atoms. The first kappa shape index (κ1) is 24.2. The van der Waals surface area contributed by atoms with Crippen LogP contribution in [0.3, 0.4) is 0 Å². The van der Waals surface area contributed by atoms with Gasteiger partial charge in [-0.1, -0.05) is 35.3 Å². The van der Waals surface area contributed by atoms with Crippen LogP contribution in [-0.2, 0) is 20.1 Å². The number of hydrogen-bond acceptors (Lipinski definition) is 3. The molecule has 6 nitrogen and oxygen atoms in total. The monoisotopic (exact) mass is 563 g/mol. The van der Waals surface area contributed by atoms with Crippen LogP contribution in [0.4, 0.5) is 4.39 Å². The Morgan fingerprint density at radius 3 is 2.53 bits per heavy atom. The standard InChI is InChI=1S/C20H20Cl2FN5O.HI/c1-24-20(27-12-15-9-17(21)19(22)28(15)2)26-11-13-6-7-18(25-10-13)29-16-5-3-4-14(23)8-16;/h3-10H,11-12H2,1-2H3,(H2,24,26,27);1H. The first-order valence-electron chi connectivity index (χ1n) is 8.78. The van der Waals surface area contributed by atoms with Gasteiger partial charge in [-0.25, -0.2) is 9.37 Å². The van der Waals surface area contributed by atoms with Gasteiger partial charge in [-0.2, -0.15) is 0 Å². The van der Waals surface area contributed by atoms with Crippen LogP contribution in [0, 0.1) is 5.82 Å². The van der Waals surface area contributed by atoms with Gasteiger partial charge >= 0.3 is 0 Å². The lowest BCUT2D eigenvalue weighted by atomic mass is 10.3. The van der Waals surface area contributed by atoms with Crippen LogP contribution < -0.4 is 15.4 Å². The zero-order valence-corrected chi connectivity index (χ0v) is 20.2. The second-order valence-corrected chi connectivity index (χ2v) is 6.94. The Balaban J connectivity index is 0.00000320. The molecule has 0 saturated carbocycles. The van der Waals surface area contributed by atoms with Gasteiger partial charge in [0.15, 0.2) is 5.96 Å². The number of benzene rings is 1. The third kappa shape index (κ3) is 6.48. The molecule has 0 atom stereocenters. The highest BCUT2D eigenvalue weighted by Gasteiger charge is 2.09. The SMILES string of the molecule is CN=C(NCc1ccc(Oc2cccc(F)c2)nc1)NCc1cc(Cl)c(Cl)n1C.I. The molecule has 0 aliphatic heterocycles. The van der Waals surface area contributed by atoms with Gasteiger partial charge in [0.2, 0.25) is 5.88 Å². The van der Waals surface area contributed by atoms with Crippen molar-refractivity contribution >= 4 is 53.1 Å². The van der Waals surface area contributed by atoms with Gasteiger partial charge in [-0.15, -0.1) is 24.0 Å². The lowest BCUT2D eigenvalue weighted by Gasteiger charge is -2.13. The fourth-order valence-electron chi connectivity index (χ4n) is 2.57. The minimum atomic E-state index is -0.359. The Kier molecular flexibility index (Phi) is 9.19. The lowest BCUT2D eigenvalue weighted by molar-refractivity contribution is 0.457. The molecule has 160 valence electrons. The molecule has 0 saturated heterocycles. The third-order valence-corrected chi connectivity index (χ3v) is 4.99. The van der Waals surface area contributed by atoms with E-state index in [0.717, 1.165) is 11.3 Å². The van der Waals surface area contributed by atoms with Crippen molar-refractivity contribution in [3.63, 3.8) is 0 Å². The first-order valence-corrected chi connectivity index (χ1v) is 9.54. The molecule has 30 heavy (non-hydrogen) atoms. The first-order chi connectivity index (χ1) is 14.0. The molecule has 10 heteroatoms. The summed E-state index contributed by atoms with van der Waals surface area (Å²) in [5.41, 5.74) is 1.87. The number of hydrogen-bond donors (Lipinski definition) is 2. The smallest absolute Gasteiger partial charge is 0.219 e. The molecule has 0 spiro atoms. The fourth-order valence-corrected chi connectivity index (χ4v) is 2.98. The number of aliphatic imine (C=N–C) groups is 1. The fraction of sp³-hybridized carbons (Fsp3) is 0.200. The molecule has 3 rings (SSSR count). The summed E-state index contributed by atoms with van der Waals surface area (Å²) < 4.78 is 20.6. The minimum Gasteiger partial charge on any atom is -0.439 e. The molecule has 0 aliphatic carbocycles. The average Bonchev–Trinajstić information content (AvgIpc) is 2.96. The molecule has 0 fully saturated rings. The van der Waals surface area contributed by atoms with Crippen LogP contribution >= 0.6 is 47.2 Å². The molecule has 0 amide bonds. The van der Waals surface area contributed by atoms with Gasteiger partial charge < -0.3 is 19.9 Å². The largest absolute Gasteiger partial charge is 0.439 e. The summed E-state index contributed by atoms with van der Waals surface area (Å²) in [5.74, 6) is 1.05. The van der Waals surface area contributed by atoms with Crippen molar-refractivity contribution in [2.24, 2.45) is 12.0 Å². The molecule has 2 N–H and O–H groups in total. The van der Waals surface area contributed by atoms with E-state index in [4.69, 9.17) is 27.9 Å². The van der Waals surface area contributed by atoms with Crippen molar-refractivity contribution in [3.05, 3.63) is 75.9 Å². The van der Waals surface area contributed by atoms with E-state index in [-0.39, 0.29) is 29.8 Å². The molecular formula is C20H21Cl2FIN5O. The highest BCUT2D eigenvalue weighted by molar-refractivity contribution is 14.0. The van der Waals surface area contributed by atoms with Crippen molar-refractivity contribution in [1.29, 1.82) is 0 Å². The third-order valence-electron chi connectivity index (χ3n) is 4.15. The Morgan fingerprint density at radius 2 is 1.93 bits per heavy atom. The normalized spacial score (nSPS) is 11.0. The van der Waals surface area contributed by atoms with Gasteiger partial charge in [-0.05, 0) is 23.8 Å². The van der Waals surface area contributed by atoms with E-state index < -0.39 is 0 Å². The summed E-state index contributed by atoms with van der Waals surface area (Å²) in [5, 5.41) is 7.43. The number of rotatable bonds is 6. The van der Waals surface area contributed by atoms with Gasteiger partial charge in [0.05, 0.1) is 11.6 Å². The zero-order chi connectivity index (χ0) is 20.8. The molecule has 2 aromatic heterocycles. The number of guanidine groups is 1. The van der Waals surface area contributed by atoms with E-state index in [1.54, 1.807) is 31.4 Å². The Hall–Kier alpha value is -2.04. The van der Waals surface area contributed by atoms with Crippen LogP contribution in [0.15, 0.2) is 53.7 Å². The van der Waals surface area contributed by atoms with E-state index in [1.807, 2.05) is 23.7 Å². The molecule has 0 aliphatic rings. The summed E-state index contributed by atoms with van der Waals surface area (Å²) in [6.07, 6.45) is 1.69. The molecule has 0 radical (unpaired) electrons. The van der Waals surface area contributed by atoms with Crippen molar-refractivity contribution < 1.29 is 9.13 Å². The Labute approximate surface area is 201 Å². The summed E-state index contributed by atoms with van der Waals surface area (Å²) in [6, 6.07) is 11.3. The van der Waals surface area contributed by atoms with Crippen molar-refractivity contribution in [2.75, 3.05) is 7.05 Å². The van der Waals surface area contributed by atoms with Crippen molar-refractivity contribution in [2.45, 2.75) is 13.1 Å². The maximum atomic E-state index is 13.2. The lowest BCUT2D eigenvalue weighted by Crippen LogP contribution is -2.36. The number of nitrogens with one attached hydrogen (secondary N) is 2. The predicted octanol–water partition coefficient (Wildman–Crippen LogP) is 5.14. The summed E-state index contributed by atoms with van der Waals surface area (Å²) in [7, 11) is 3.54. The summed E-state index contributed by atoms with van der Waals surface area (Å²) in [6.45, 7) is 1.03. The topological polar surface area (TPSA) is 63.5 Å². The van der Waals surface area contributed by atoms with Gasteiger partial charge in [-0.3, -0.25) is 4.99 Å². The minimum absolute atomic E-state index is 0. The maximum absolute atomic E-state index is 13.2. The zero-order valence-electron chi connectivity index (χ0n) is 16.3. The highest BCUT2D eigenvalue weighted by atomic mass is 127. The van der Waals surface area contributed by atoms with E-state index in [0.29, 0.717) is 40.9 Å². The van der Waals surface area contributed by atoms with Crippen LogP contribution in [0.25, 0.3) is 0 Å². The van der Waals surface area contributed by atoms with E-state index in [1.165, 1.54) is 12.1 Å². The van der Waals surface area contributed by atoms with Crippen LogP contribution in [0.1, 0.15) is 11.3 Å². The van der Waals surface area contributed by atoms with Crippen molar-refractivity contribution in [3.8, 4) is 11.6 Å². The molecule has 3 aromatic rings. The maximum Gasteiger partial charge on any atom is 0.219 e. The average molecular weight is 564 g/mol. The second-order valence-electron chi connectivity index (χ2n) is 6.18. The highest BCUT2D eigenvalue weighted by Crippen LogP contribution is 2.25. The quantitative estimate of drug-likeness (QED) is 0.248. The van der Waals surface area contributed by atoms with E-state index in [9.17, 15) is 4.39 Å². The van der Waals surface area contributed by atoms with Crippen LogP contribution in [0.2, 0.25) is 10.2 Å². The van der Waals surface area contributed by atoms with Crippen LogP contribution in [0.5, 0.6) is 11.6 Å². The van der Waals surface area contributed by atoms with Crippen molar-refractivity contribution in [1.82, 2.24) is 20.2 Å². The number of pyridine rings is 1. The molecular weight excluding hydrogens is 543 g/mol. The van der Waals surface area contributed by atoms with Gasteiger partial charge in [0.1, 0.15) is 16.7 Å². The van der Waals surface area contributed by atoms with Gasteiger partial charge in [0, 0.05) is 44.7 Å². The Morgan fingerprint density at radius 1 is 1.17 bits per heavy atom. The summed E-state index contributed by atoms with van der Waals surface area (Å²) >= 11 is 12.1. The molecule has 1 aromatic carbocycles.